The van der Waals surface area contributed by atoms with Gasteiger partial charge in [-0.25, -0.2) is 4.39 Å². The van der Waals surface area contributed by atoms with Crippen LogP contribution in [0.4, 0.5) is 4.39 Å². The Bertz CT molecular complexity index is 769. The summed E-state index contributed by atoms with van der Waals surface area (Å²) in [6.07, 6.45) is 2.98. The SMILES string of the molecule is CC(C)c1ccc(/C=C/C(=O)NNC(=O)COc2ccc(F)cc2)cc1. The number of hydrazine groups is 1. The van der Waals surface area contributed by atoms with Crippen molar-refractivity contribution in [3.63, 3.8) is 0 Å². The molecule has 0 aromatic heterocycles. The summed E-state index contributed by atoms with van der Waals surface area (Å²) in [4.78, 5) is 23.3. The van der Waals surface area contributed by atoms with Crippen LogP contribution in [-0.4, -0.2) is 18.4 Å². The van der Waals surface area contributed by atoms with Gasteiger partial charge in [0.1, 0.15) is 11.6 Å². The molecule has 2 amide bonds. The van der Waals surface area contributed by atoms with E-state index in [-0.39, 0.29) is 12.4 Å². The van der Waals surface area contributed by atoms with Crippen LogP contribution in [0, 0.1) is 5.82 Å². The maximum absolute atomic E-state index is 12.8. The Morgan fingerprint density at radius 2 is 1.69 bits per heavy atom. The summed E-state index contributed by atoms with van der Waals surface area (Å²) in [7, 11) is 0. The number of hydrogen-bond acceptors (Lipinski definition) is 3. The van der Waals surface area contributed by atoms with Crippen LogP contribution in [0.2, 0.25) is 0 Å². The van der Waals surface area contributed by atoms with E-state index in [1.807, 2.05) is 24.3 Å². The van der Waals surface area contributed by atoms with Gasteiger partial charge in [-0.3, -0.25) is 20.4 Å². The van der Waals surface area contributed by atoms with Gasteiger partial charge < -0.3 is 4.74 Å². The van der Waals surface area contributed by atoms with Crippen molar-refractivity contribution in [3.8, 4) is 5.75 Å². The molecule has 0 saturated heterocycles. The van der Waals surface area contributed by atoms with E-state index < -0.39 is 11.8 Å². The molecular formula is C20H21FN2O3. The predicted octanol–water partition coefficient (Wildman–Crippen LogP) is 3.19. The number of hydrogen-bond donors (Lipinski definition) is 2. The summed E-state index contributed by atoms with van der Waals surface area (Å²) >= 11 is 0. The Morgan fingerprint density at radius 1 is 1.04 bits per heavy atom. The van der Waals surface area contributed by atoms with Crippen molar-refractivity contribution in [2.45, 2.75) is 19.8 Å². The van der Waals surface area contributed by atoms with Gasteiger partial charge in [0.05, 0.1) is 0 Å². The molecule has 0 heterocycles. The Hall–Kier alpha value is -3.15. The monoisotopic (exact) mass is 356 g/mol. The molecule has 2 aromatic rings. The first-order chi connectivity index (χ1) is 12.4. The molecule has 0 atom stereocenters. The molecule has 0 aliphatic heterocycles. The summed E-state index contributed by atoms with van der Waals surface area (Å²) in [6.45, 7) is 3.92. The molecule has 0 saturated carbocycles. The number of carbonyl (C=O) groups excluding carboxylic acids is 2. The standard InChI is InChI=1S/C20H21FN2O3/c1-14(2)16-6-3-15(4-7-16)5-12-19(24)22-23-20(25)13-26-18-10-8-17(21)9-11-18/h3-12,14H,13H2,1-2H3,(H,22,24)(H,23,25)/b12-5+. The van der Waals surface area contributed by atoms with Crippen LogP contribution in [0.5, 0.6) is 5.75 Å². The molecule has 2 N–H and O–H groups in total. The quantitative estimate of drug-likeness (QED) is 0.617. The second-order valence-corrected chi connectivity index (χ2v) is 5.93. The van der Waals surface area contributed by atoms with Crippen molar-refractivity contribution < 1.29 is 18.7 Å². The summed E-state index contributed by atoms with van der Waals surface area (Å²) in [5, 5.41) is 0. The Morgan fingerprint density at radius 3 is 2.31 bits per heavy atom. The average molecular weight is 356 g/mol. The summed E-state index contributed by atoms with van der Waals surface area (Å²) in [6, 6.07) is 13.2. The minimum atomic E-state index is -0.530. The van der Waals surface area contributed by atoms with Gasteiger partial charge in [-0.2, -0.15) is 0 Å². The second kappa shape index (κ2) is 9.36. The highest BCUT2D eigenvalue weighted by Gasteiger charge is 2.04. The molecule has 0 spiro atoms. The highest BCUT2D eigenvalue weighted by Crippen LogP contribution is 2.15. The smallest absolute Gasteiger partial charge is 0.276 e. The molecule has 2 aromatic carbocycles. The maximum atomic E-state index is 12.8. The van der Waals surface area contributed by atoms with Crippen LogP contribution in [0.15, 0.2) is 54.6 Å². The fourth-order valence-electron chi connectivity index (χ4n) is 2.05. The van der Waals surface area contributed by atoms with Crippen LogP contribution in [0.25, 0.3) is 6.08 Å². The number of amides is 2. The average Bonchev–Trinajstić information content (AvgIpc) is 2.64. The van der Waals surface area contributed by atoms with Gasteiger partial charge in [-0.05, 0) is 47.4 Å². The highest BCUT2D eigenvalue weighted by atomic mass is 19.1. The number of halogens is 1. The number of ether oxygens (including phenoxy) is 1. The van der Waals surface area contributed by atoms with Crippen molar-refractivity contribution in [3.05, 3.63) is 71.6 Å². The lowest BCUT2D eigenvalue weighted by molar-refractivity contribution is -0.128. The zero-order valence-electron chi connectivity index (χ0n) is 14.7. The van der Waals surface area contributed by atoms with Crippen LogP contribution in [0.1, 0.15) is 30.9 Å². The van der Waals surface area contributed by atoms with Gasteiger partial charge in [-0.1, -0.05) is 38.1 Å². The van der Waals surface area contributed by atoms with Crippen LogP contribution < -0.4 is 15.6 Å². The summed E-state index contributed by atoms with van der Waals surface area (Å²) in [5.41, 5.74) is 6.60. The molecule has 26 heavy (non-hydrogen) atoms. The number of nitrogens with one attached hydrogen (secondary N) is 2. The number of rotatable bonds is 6. The van der Waals surface area contributed by atoms with E-state index in [9.17, 15) is 14.0 Å². The van der Waals surface area contributed by atoms with E-state index in [0.717, 1.165) is 5.56 Å². The highest BCUT2D eigenvalue weighted by molar-refractivity contribution is 5.93. The van der Waals surface area contributed by atoms with Crippen molar-refractivity contribution in [1.82, 2.24) is 10.9 Å². The first kappa shape index (κ1) is 19.2. The Kier molecular flexibility index (Phi) is 6.91. The van der Waals surface area contributed by atoms with Gasteiger partial charge in [0.25, 0.3) is 11.8 Å². The van der Waals surface area contributed by atoms with E-state index in [1.54, 1.807) is 6.08 Å². The second-order valence-electron chi connectivity index (χ2n) is 5.93. The van der Waals surface area contributed by atoms with Crippen molar-refractivity contribution in [1.29, 1.82) is 0 Å². The molecule has 0 unspecified atom stereocenters. The molecule has 6 heteroatoms. The number of benzene rings is 2. The zero-order chi connectivity index (χ0) is 18.9. The largest absolute Gasteiger partial charge is 0.484 e. The van der Waals surface area contributed by atoms with E-state index in [4.69, 9.17) is 4.74 Å². The van der Waals surface area contributed by atoms with Gasteiger partial charge >= 0.3 is 0 Å². The van der Waals surface area contributed by atoms with E-state index in [2.05, 4.69) is 24.7 Å². The lowest BCUT2D eigenvalue weighted by atomic mass is 10.0. The predicted molar refractivity (Wildman–Crippen MR) is 97.7 cm³/mol. The van der Waals surface area contributed by atoms with Gasteiger partial charge in [0.2, 0.25) is 0 Å². The normalized spacial score (nSPS) is 10.8. The minimum absolute atomic E-state index is 0.299. The van der Waals surface area contributed by atoms with Crippen LogP contribution in [-0.2, 0) is 9.59 Å². The maximum Gasteiger partial charge on any atom is 0.276 e. The summed E-state index contributed by atoms with van der Waals surface area (Å²) in [5.74, 6) is -0.577. The van der Waals surface area contributed by atoms with Crippen molar-refractivity contribution in [2.75, 3.05) is 6.61 Å². The number of carbonyl (C=O) groups is 2. The van der Waals surface area contributed by atoms with E-state index >= 15 is 0 Å². The molecular weight excluding hydrogens is 335 g/mol. The van der Waals surface area contributed by atoms with Gasteiger partial charge in [0, 0.05) is 6.08 Å². The fraction of sp³-hybridized carbons (Fsp3) is 0.200. The molecule has 136 valence electrons. The lowest BCUT2D eigenvalue weighted by Crippen LogP contribution is -2.43. The van der Waals surface area contributed by atoms with Crippen LogP contribution >= 0.6 is 0 Å². The Labute approximate surface area is 151 Å². The first-order valence-corrected chi connectivity index (χ1v) is 8.19. The third-order valence-corrected chi connectivity index (χ3v) is 3.54. The lowest BCUT2D eigenvalue weighted by Gasteiger charge is -2.07. The molecule has 0 bridgehead atoms. The molecule has 0 aliphatic rings. The molecule has 5 nitrogen and oxygen atoms in total. The van der Waals surface area contributed by atoms with Crippen molar-refractivity contribution in [2.24, 2.45) is 0 Å². The topological polar surface area (TPSA) is 67.4 Å². The fourth-order valence-corrected chi connectivity index (χ4v) is 2.05. The minimum Gasteiger partial charge on any atom is -0.484 e. The molecule has 0 fully saturated rings. The van der Waals surface area contributed by atoms with E-state index in [0.29, 0.717) is 11.7 Å². The Balaban J connectivity index is 1.73. The van der Waals surface area contributed by atoms with Gasteiger partial charge in [0.15, 0.2) is 6.61 Å². The first-order valence-electron chi connectivity index (χ1n) is 8.19. The van der Waals surface area contributed by atoms with Crippen molar-refractivity contribution >= 4 is 17.9 Å². The van der Waals surface area contributed by atoms with E-state index in [1.165, 1.54) is 35.9 Å². The van der Waals surface area contributed by atoms with Crippen LogP contribution in [0.3, 0.4) is 0 Å². The third-order valence-electron chi connectivity index (χ3n) is 3.54. The van der Waals surface area contributed by atoms with Gasteiger partial charge in [-0.15, -0.1) is 0 Å². The summed E-state index contributed by atoms with van der Waals surface area (Å²) < 4.78 is 17.9. The molecule has 2 rings (SSSR count). The zero-order valence-corrected chi connectivity index (χ0v) is 14.7. The molecule has 0 radical (unpaired) electrons. The third kappa shape index (κ3) is 6.39. The molecule has 0 aliphatic carbocycles.